The minimum Gasteiger partial charge on any atom is -0.399 e. The number of nitrogens with zero attached hydrogens (tertiary/aromatic N) is 2. The van der Waals surface area contributed by atoms with Crippen LogP contribution in [0.2, 0.25) is 0 Å². The van der Waals surface area contributed by atoms with Crippen molar-refractivity contribution in [2.24, 2.45) is 0 Å². The lowest BCUT2D eigenvalue weighted by Crippen LogP contribution is -1.99. The molecule has 2 aromatic carbocycles. The first-order valence-corrected chi connectivity index (χ1v) is 5.41. The first-order valence-electron chi connectivity index (χ1n) is 5.41. The zero-order chi connectivity index (χ0) is 13.8. The highest BCUT2D eigenvalue weighted by molar-refractivity contribution is 5.72. The summed E-state index contributed by atoms with van der Waals surface area (Å²) in [6, 6.07) is 12.8. The molecule has 0 amide bonds. The molecule has 19 heavy (non-hydrogen) atoms. The van der Waals surface area contributed by atoms with Crippen molar-refractivity contribution in [1.29, 1.82) is 10.5 Å². The smallest absolute Gasteiger partial charge is 0.143 e. The fourth-order valence-electron chi connectivity index (χ4n) is 1.65. The normalized spacial score (nSPS) is 9.42. The average molecular weight is 252 g/mol. The zero-order valence-corrected chi connectivity index (χ0v) is 9.81. The van der Waals surface area contributed by atoms with E-state index >= 15 is 0 Å². The van der Waals surface area contributed by atoms with E-state index in [0.29, 0.717) is 22.6 Å². The molecule has 0 fully saturated rings. The molecular weight excluding hydrogens is 243 g/mol. The van der Waals surface area contributed by atoms with E-state index in [-0.39, 0.29) is 5.56 Å². The van der Waals surface area contributed by atoms with Crippen LogP contribution in [-0.2, 0) is 0 Å². The van der Waals surface area contributed by atoms with Crippen molar-refractivity contribution in [3.8, 4) is 12.1 Å². The van der Waals surface area contributed by atoms with Crippen LogP contribution in [0.3, 0.4) is 0 Å². The summed E-state index contributed by atoms with van der Waals surface area (Å²) in [6.45, 7) is 0. The Kier molecular flexibility index (Phi) is 3.31. The van der Waals surface area contributed by atoms with Crippen LogP contribution in [0.15, 0.2) is 36.4 Å². The number of hydrogen-bond acceptors (Lipinski definition) is 4. The molecule has 92 valence electrons. The Morgan fingerprint density at radius 3 is 2.53 bits per heavy atom. The summed E-state index contributed by atoms with van der Waals surface area (Å²) in [5.74, 6) is -0.610. The highest BCUT2D eigenvalue weighted by Crippen LogP contribution is 2.26. The second-order valence-electron chi connectivity index (χ2n) is 3.82. The van der Waals surface area contributed by atoms with E-state index in [2.05, 4.69) is 5.32 Å². The summed E-state index contributed by atoms with van der Waals surface area (Å²) in [5, 5.41) is 20.8. The van der Waals surface area contributed by atoms with Gasteiger partial charge in [0, 0.05) is 5.69 Å². The number of rotatable bonds is 2. The molecule has 4 nitrogen and oxygen atoms in total. The van der Waals surface area contributed by atoms with E-state index in [1.54, 1.807) is 24.3 Å². The number of halogens is 1. The SMILES string of the molecule is N#Cc1cc(N)ccc1Nc1cccc(F)c1C#N. The van der Waals surface area contributed by atoms with Crippen LogP contribution in [0.5, 0.6) is 0 Å². The van der Waals surface area contributed by atoms with Gasteiger partial charge in [0.1, 0.15) is 23.5 Å². The maximum atomic E-state index is 13.5. The largest absolute Gasteiger partial charge is 0.399 e. The standard InChI is InChI=1S/C14H9FN4/c15-12-2-1-3-14(11(12)8-17)19-13-5-4-10(18)6-9(13)7-16/h1-6,19H,18H2. The number of nitriles is 2. The highest BCUT2D eigenvalue weighted by atomic mass is 19.1. The summed E-state index contributed by atoms with van der Waals surface area (Å²) in [5.41, 5.74) is 7.06. The quantitative estimate of drug-likeness (QED) is 0.804. The predicted octanol–water partition coefficient (Wildman–Crippen LogP) is 2.89. The van der Waals surface area contributed by atoms with E-state index in [1.165, 1.54) is 18.2 Å². The molecule has 0 radical (unpaired) electrons. The Bertz CT molecular complexity index is 710. The van der Waals surface area contributed by atoms with Crippen LogP contribution in [0.1, 0.15) is 11.1 Å². The minimum absolute atomic E-state index is 0.0942. The molecule has 0 atom stereocenters. The number of nitrogens with one attached hydrogen (secondary N) is 1. The second-order valence-corrected chi connectivity index (χ2v) is 3.82. The topological polar surface area (TPSA) is 85.6 Å². The number of anilines is 3. The maximum Gasteiger partial charge on any atom is 0.143 e. The third-order valence-electron chi connectivity index (χ3n) is 2.56. The molecule has 0 saturated carbocycles. The van der Waals surface area contributed by atoms with Crippen LogP contribution >= 0.6 is 0 Å². The van der Waals surface area contributed by atoms with Crippen molar-refractivity contribution in [3.05, 3.63) is 53.3 Å². The molecule has 3 N–H and O–H groups in total. The Morgan fingerprint density at radius 1 is 1.05 bits per heavy atom. The lowest BCUT2D eigenvalue weighted by molar-refractivity contribution is 0.624. The molecule has 0 aliphatic heterocycles. The highest BCUT2D eigenvalue weighted by Gasteiger charge is 2.09. The first-order chi connectivity index (χ1) is 9.15. The Hall–Kier alpha value is -3.05. The third-order valence-corrected chi connectivity index (χ3v) is 2.56. The average Bonchev–Trinajstić information content (AvgIpc) is 2.41. The fourth-order valence-corrected chi connectivity index (χ4v) is 1.65. The van der Waals surface area contributed by atoms with Gasteiger partial charge in [0.25, 0.3) is 0 Å². The molecule has 5 heteroatoms. The molecule has 0 aliphatic rings. The van der Waals surface area contributed by atoms with Gasteiger partial charge >= 0.3 is 0 Å². The van der Waals surface area contributed by atoms with Crippen LogP contribution in [0, 0.1) is 28.5 Å². The lowest BCUT2D eigenvalue weighted by atomic mass is 10.1. The van der Waals surface area contributed by atoms with Crippen molar-refractivity contribution in [3.63, 3.8) is 0 Å². The van der Waals surface area contributed by atoms with E-state index < -0.39 is 5.82 Å². The van der Waals surface area contributed by atoms with Crippen LogP contribution in [0.25, 0.3) is 0 Å². The van der Waals surface area contributed by atoms with Crippen molar-refractivity contribution in [1.82, 2.24) is 0 Å². The molecule has 2 aromatic rings. The van der Waals surface area contributed by atoms with Gasteiger partial charge in [-0.05, 0) is 30.3 Å². The number of nitrogens with two attached hydrogens (primary N) is 1. The summed E-state index contributed by atoms with van der Waals surface area (Å²) >= 11 is 0. The molecule has 0 heterocycles. The van der Waals surface area contributed by atoms with Gasteiger partial charge in [-0.1, -0.05) is 6.07 Å². The molecule has 0 aliphatic carbocycles. The summed E-state index contributed by atoms with van der Waals surface area (Å²) in [7, 11) is 0. The predicted molar refractivity (Wildman–Crippen MR) is 70.0 cm³/mol. The van der Waals surface area contributed by atoms with Crippen LogP contribution in [-0.4, -0.2) is 0 Å². The van der Waals surface area contributed by atoms with Gasteiger partial charge in [0.05, 0.1) is 16.9 Å². The minimum atomic E-state index is -0.610. The van der Waals surface area contributed by atoms with E-state index in [1.807, 2.05) is 6.07 Å². The van der Waals surface area contributed by atoms with Crippen LogP contribution < -0.4 is 11.1 Å². The monoisotopic (exact) mass is 252 g/mol. The van der Waals surface area contributed by atoms with Crippen molar-refractivity contribution in [2.45, 2.75) is 0 Å². The van der Waals surface area contributed by atoms with Crippen molar-refractivity contribution < 1.29 is 4.39 Å². The summed E-state index contributed by atoms with van der Waals surface area (Å²) < 4.78 is 13.5. The number of hydrogen-bond donors (Lipinski definition) is 2. The van der Waals surface area contributed by atoms with Crippen LogP contribution in [0.4, 0.5) is 21.5 Å². The molecule has 0 unspecified atom stereocenters. The van der Waals surface area contributed by atoms with Crippen molar-refractivity contribution in [2.75, 3.05) is 11.1 Å². The van der Waals surface area contributed by atoms with Gasteiger partial charge in [0.15, 0.2) is 0 Å². The van der Waals surface area contributed by atoms with E-state index in [4.69, 9.17) is 16.3 Å². The first kappa shape index (κ1) is 12.4. The zero-order valence-electron chi connectivity index (χ0n) is 9.81. The molecule has 0 saturated heterocycles. The number of nitrogen functional groups attached to an aromatic ring is 1. The second kappa shape index (κ2) is 5.07. The molecule has 0 bridgehead atoms. The molecular formula is C14H9FN4. The Morgan fingerprint density at radius 2 is 1.84 bits per heavy atom. The van der Waals surface area contributed by atoms with E-state index in [0.717, 1.165) is 0 Å². The van der Waals surface area contributed by atoms with Gasteiger partial charge in [0.2, 0.25) is 0 Å². The maximum absolute atomic E-state index is 13.5. The Balaban J connectivity index is 2.46. The summed E-state index contributed by atoms with van der Waals surface area (Å²) in [4.78, 5) is 0. The molecule has 0 aromatic heterocycles. The van der Waals surface area contributed by atoms with Gasteiger partial charge in [-0.25, -0.2) is 4.39 Å². The lowest BCUT2D eigenvalue weighted by Gasteiger charge is -2.10. The van der Waals surface area contributed by atoms with Gasteiger partial charge < -0.3 is 11.1 Å². The van der Waals surface area contributed by atoms with E-state index in [9.17, 15) is 4.39 Å². The van der Waals surface area contributed by atoms with Gasteiger partial charge in [-0.2, -0.15) is 10.5 Å². The van der Waals surface area contributed by atoms with Crippen molar-refractivity contribution >= 4 is 17.1 Å². The molecule has 0 spiro atoms. The number of benzene rings is 2. The third kappa shape index (κ3) is 2.46. The fraction of sp³-hybridized carbons (Fsp3) is 0. The Labute approximate surface area is 109 Å². The van der Waals surface area contributed by atoms with Gasteiger partial charge in [-0.15, -0.1) is 0 Å². The summed E-state index contributed by atoms with van der Waals surface area (Å²) in [6.07, 6.45) is 0. The molecule has 2 rings (SSSR count). The van der Waals surface area contributed by atoms with Gasteiger partial charge in [-0.3, -0.25) is 0 Å².